The number of hydrogen-bond donors (Lipinski definition) is 10. The van der Waals surface area contributed by atoms with E-state index in [4.69, 9.17) is 27.8 Å². The predicted octanol–water partition coefficient (Wildman–Crippen LogP) is 3.96. The molecule has 1 saturated heterocycles. The number of primary amides is 2. The second-order valence-corrected chi connectivity index (χ2v) is 20.4. The van der Waals surface area contributed by atoms with Crippen molar-refractivity contribution in [1.82, 2.24) is 46.3 Å². The zero-order chi connectivity index (χ0) is 58.2. The third-order valence-electron chi connectivity index (χ3n) is 14.2. The van der Waals surface area contributed by atoms with Gasteiger partial charge in [-0.05, 0) is 98.6 Å². The number of fused-ring (bicyclic) bond motifs is 4. The number of anilines is 3. The third-order valence-corrected chi connectivity index (χ3v) is 14.6. The van der Waals surface area contributed by atoms with Gasteiger partial charge < -0.3 is 78.0 Å². The molecule has 0 unspecified atom stereocenters. The molecule has 432 valence electrons. The van der Waals surface area contributed by atoms with Gasteiger partial charge in [-0.3, -0.25) is 28.8 Å². The molecule has 0 saturated carbocycles. The number of piperazine rings is 1. The van der Waals surface area contributed by atoms with Gasteiger partial charge in [0.1, 0.15) is 17.5 Å². The van der Waals surface area contributed by atoms with Gasteiger partial charge in [-0.25, -0.2) is 14.4 Å². The highest BCUT2D eigenvalue weighted by Crippen LogP contribution is 2.46. The van der Waals surface area contributed by atoms with Gasteiger partial charge in [-0.15, -0.1) is 11.6 Å². The van der Waals surface area contributed by atoms with Gasteiger partial charge in [0.05, 0.1) is 11.7 Å². The van der Waals surface area contributed by atoms with E-state index in [9.17, 15) is 43.2 Å². The number of amides is 11. The molecule has 11 amide bonds. The van der Waals surface area contributed by atoms with Crippen molar-refractivity contribution in [3.05, 3.63) is 95.7 Å². The standard InChI is InChI=1S/C56H71ClN14O10/c1-34(72)69(3)24-8-13-48(73)61-23-22-60-43(11-6-20-62-54(58)78)51(75)67-44(12-7-21-63-55(59)79)52(76)64-38-16-14-35(15-17-38)50(74)65-39-18-19-42-36(29-39)30-45(66-42)53(77)71-33-37(32-57)49-41-10-5-4-9-40(41)47(31-46(49)71)81-56(80)70-27-25-68(2)26-28-70/h4-5,9-10,14-19,29-31,37,43-44,60,66H,6-8,11-13,20-28,32-33H2,1-3H3,(H,61,73)(H,64,76)(H,65,74)(H,67,75)(H3,58,62,78)(H3,59,63,79)/t37-,43+,44+/m1/s1. The number of urea groups is 2. The molecule has 0 bridgehead atoms. The molecule has 0 radical (unpaired) electrons. The molecule has 1 aromatic heterocycles. The normalized spacial score (nSPS) is 14.8. The highest BCUT2D eigenvalue weighted by molar-refractivity contribution is 6.19. The van der Waals surface area contributed by atoms with E-state index < -0.39 is 48.0 Å². The molecule has 7 rings (SSSR count). The monoisotopic (exact) mass is 1130 g/mol. The summed E-state index contributed by atoms with van der Waals surface area (Å²) in [5.74, 6) is -1.80. The summed E-state index contributed by atoms with van der Waals surface area (Å²) in [5.41, 5.74) is 13.9. The maximum Gasteiger partial charge on any atom is 0.415 e. The first-order valence-corrected chi connectivity index (χ1v) is 27.4. The van der Waals surface area contributed by atoms with Gasteiger partial charge in [0, 0.05) is 137 Å². The lowest BCUT2D eigenvalue weighted by Crippen LogP contribution is -2.52. The number of aromatic amines is 1. The first-order valence-electron chi connectivity index (χ1n) is 26.9. The number of carbonyl (C=O) groups excluding carboxylic acids is 9. The van der Waals surface area contributed by atoms with Crippen LogP contribution in [-0.2, 0) is 19.2 Å². The van der Waals surface area contributed by atoms with Gasteiger partial charge in [-0.1, -0.05) is 24.3 Å². The average Bonchev–Trinajstić information content (AvgIpc) is 4.26. The number of ether oxygens (including phenoxy) is 1. The lowest BCUT2D eigenvalue weighted by Gasteiger charge is -2.31. The Morgan fingerprint density at radius 1 is 0.753 bits per heavy atom. The van der Waals surface area contributed by atoms with Crippen molar-refractivity contribution in [2.75, 3.05) is 101 Å². The van der Waals surface area contributed by atoms with Gasteiger partial charge >= 0.3 is 18.2 Å². The molecule has 12 N–H and O–H groups in total. The highest BCUT2D eigenvalue weighted by Gasteiger charge is 2.36. The van der Waals surface area contributed by atoms with E-state index in [1.54, 1.807) is 47.2 Å². The number of H-pyrrole nitrogens is 1. The fourth-order valence-corrected chi connectivity index (χ4v) is 9.90. The molecule has 4 aromatic carbocycles. The zero-order valence-electron chi connectivity index (χ0n) is 45.7. The minimum atomic E-state index is -1.10. The number of carbonyl (C=O) groups is 9. The van der Waals surface area contributed by atoms with E-state index in [1.807, 2.05) is 31.3 Å². The molecular weight excluding hydrogens is 1060 g/mol. The molecule has 5 aromatic rings. The van der Waals surface area contributed by atoms with E-state index >= 15 is 0 Å². The second-order valence-electron chi connectivity index (χ2n) is 20.1. The van der Waals surface area contributed by atoms with Crippen molar-refractivity contribution in [2.24, 2.45) is 11.5 Å². The van der Waals surface area contributed by atoms with Crippen LogP contribution in [0.5, 0.6) is 5.75 Å². The summed E-state index contributed by atoms with van der Waals surface area (Å²) in [7, 11) is 3.66. The SMILES string of the molecule is CC(=O)N(C)CCCC(=O)NCCN[C@@H](CCCNC(N)=O)C(=O)N[C@@H](CCCNC(N)=O)C(=O)Nc1ccc(C(=O)Nc2ccc3[nH]c(C(=O)N4C[C@@H](CCl)c5c4cc(OC(=O)N4CCN(C)CC4)c4ccccc54)cc3c2)cc1. The fourth-order valence-electron chi connectivity index (χ4n) is 9.65. The van der Waals surface area contributed by atoms with Crippen molar-refractivity contribution >= 4 is 104 Å². The van der Waals surface area contributed by atoms with E-state index in [-0.39, 0.29) is 86.9 Å². The Balaban J connectivity index is 0.980. The van der Waals surface area contributed by atoms with Crippen LogP contribution >= 0.6 is 11.6 Å². The smallest absolute Gasteiger partial charge is 0.409 e. The summed E-state index contributed by atoms with van der Waals surface area (Å²) in [5, 5.41) is 21.6. The highest BCUT2D eigenvalue weighted by atomic mass is 35.5. The summed E-state index contributed by atoms with van der Waals surface area (Å²) in [6.45, 7) is 5.39. The van der Waals surface area contributed by atoms with E-state index in [2.05, 4.69) is 47.1 Å². The minimum Gasteiger partial charge on any atom is -0.409 e. The van der Waals surface area contributed by atoms with Gasteiger partial charge in [0.15, 0.2) is 0 Å². The number of nitrogens with one attached hydrogen (secondary N) is 8. The van der Waals surface area contributed by atoms with E-state index in [0.29, 0.717) is 78.4 Å². The lowest BCUT2D eigenvalue weighted by molar-refractivity contribution is -0.128. The van der Waals surface area contributed by atoms with Gasteiger partial charge in [0.2, 0.25) is 23.6 Å². The lowest BCUT2D eigenvalue weighted by atomic mass is 9.95. The number of halogens is 1. The van der Waals surface area contributed by atoms with Crippen LogP contribution in [0, 0.1) is 0 Å². The Hall–Kier alpha value is -8.48. The molecule has 0 spiro atoms. The van der Waals surface area contributed by atoms with E-state index in [0.717, 1.165) is 29.4 Å². The molecule has 81 heavy (non-hydrogen) atoms. The van der Waals surface area contributed by atoms with Crippen LogP contribution in [0.2, 0.25) is 0 Å². The van der Waals surface area contributed by atoms with Crippen LogP contribution < -0.4 is 58.3 Å². The average molecular weight is 1140 g/mol. The van der Waals surface area contributed by atoms with Crippen LogP contribution in [0.1, 0.15) is 77.8 Å². The van der Waals surface area contributed by atoms with Crippen molar-refractivity contribution in [1.29, 1.82) is 0 Å². The Bertz CT molecular complexity index is 3110. The van der Waals surface area contributed by atoms with Crippen LogP contribution in [0.25, 0.3) is 21.7 Å². The summed E-state index contributed by atoms with van der Waals surface area (Å²) < 4.78 is 6.06. The third kappa shape index (κ3) is 16.5. The van der Waals surface area contributed by atoms with Gasteiger partial charge in [-0.2, -0.15) is 0 Å². The Morgan fingerprint density at radius 3 is 2.09 bits per heavy atom. The summed E-state index contributed by atoms with van der Waals surface area (Å²) in [6.07, 6.45) is 1.15. The van der Waals surface area contributed by atoms with Crippen LogP contribution in [-0.4, -0.2) is 171 Å². The molecule has 3 atom stereocenters. The Morgan fingerprint density at radius 2 is 1.42 bits per heavy atom. The molecule has 2 aliphatic rings. The summed E-state index contributed by atoms with van der Waals surface area (Å²) in [4.78, 5) is 126. The molecule has 1 fully saturated rings. The molecule has 0 aliphatic carbocycles. The Kier molecular flexibility index (Phi) is 21.2. The topological polar surface area (TPSA) is 328 Å². The molecule has 3 heterocycles. The number of rotatable bonds is 25. The van der Waals surface area contributed by atoms with Crippen LogP contribution in [0.4, 0.5) is 31.4 Å². The fraction of sp³-hybridized carbons (Fsp3) is 0.411. The number of benzene rings is 4. The van der Waals surface area contributed by atoms with Crippen molar-refractivity contribution < 1.29 is 47.9 Å². The van der Waals surface area contributed by atoms with Crippen molar-refractivity contribution in [3.63, 3.8) is 0 Å². The summed E-state index contributed by atoms with van der Waals surface area (Å²) >= 11 is 6.56. The predicted molar refractivity (Wildman–Crippen MR) is 308 cm³/mol. The number of likely N-dealkylation sites (N-methyl/N-ethyl adjacent to an activating group) is 1. The zero-order valence-corrected chi connectivity index (χ0v) is 46.4. The van der Waals surface area contributed by atoms with Crippen LogP contribution in [0.3, 0.4) is 0 Å². The number of nitrogens with two attached hydrogens (primary N) is 2. The molecule has 24 nitrogen and oxygen atoms in total. The van der Waals surface area contributed by atoms with Crippen molar-refractivity contribution in [3.8, 4) is 5.75 Å². The number of aromatic nitrogens is 1. The molecular formula is C56H71ClN14O10. The largest absolute Gasteiger partial charge is 0.415 e. The first-order chi connectivity index (χ1) is 38.9. The molecule has 25 heteroatoms. The first kappa shape index (κ1) is 60.2. The quantitative estimate of drug-likeness (QED) is 0.0293. The number of alkyl halides is 1. The van der Waals surface area contributed by atoms with E-state index in [1.165, 1.54) is 36.1 Å². The molecule has 2 aliphatic heterocycles. The maximum absolute atomic E-state index is 14.5. The Labute approximate surface area is 473 Å². The minimum absolute atomic E-state index is 0.0967. The van der Waals surface area contributed by atoms with Crippen molar-refractivity contribution in [2.45, 2.75) is 63.5 Å². The van der Waals surface area contributed by atoms with Crippen LogP contribution in [0.15, 0.2) is 78.9 Å². The number of hydrogen-bond acceptors (Lipinski definition) is 12. The van der Waals surface area contributed by atoms with Gasteiger partial charge in [0.25, 0.3) is 11.8 Å². The summed E-state index contributed by atoms with van der Waals surface area (Å²) in [6, 6.07) is 19.0. The maximum atomic E-state index is 14.5. The second kappa shape index (κ2) is 28.6. The number of nitrogens with zero attached hydrogens (tertiary/aromatic N) is 4.